The van der Waals surface area contributed by atoms with Crippen LogP contribution in [0.2, 0.25) is 5.02 Å². The lowest BCUT2D eigenvalue weighted by Crippen LogP contribution is -2.09. The number of anilines is 1. The molecule has 0 fully saturated rings. The highest BCUT2D eigenvalue weighted by Gasteiger charge is 2.11. The lowest BCUT2D eigenvalue weighted by molar-refractivity contribution is -0.111. The minimum atomic E-state index is -0.254. The second-order valence-corrected chi connectivity index (χ2v) is 6.44. The van der Waals surface area contributed by atoms with Gasteiger partial charge < -0.3 is 14.2 Å². The van der Waals surface area contributed by atoms with Gasteiger partial charge in [0.25, 0.3) is 0 Å². The van der Waals surface area contributed by atoms with E-state index in [0.29, 0.717) is 33.5 Å². The Morgan fingerprint density at radius 1 is 1.19 bits per heavy atom. The first-order chi connectivity index (χ1) is 13.1. The lowest BCUT2D eigenvalue weighted by atomic mass is 10.1. The number of benzene rings is 2. The average Bonchev–Trinajstić information content (AvgIpc) is 3.31. The molecule has 0 aliphatic rings. The fourth-order valence-electron chi connectivity index (χ4n) is 2.63. The number of hydrogen-bond donors (Lipinski definition) is 1. The Kier molecular flexibility index (Phi) is 4.52. The molecule has 6 heteroatoms. The summed E-state index contributed by atoms with van der Waals surface area (Å²) in [6.45, 7) is 1.92. The van der Waals surface area contributed by atoms with Gasteiger partial charge in [0.1, 0.15) is 11.3 Å². The van der Waals surface area contributed by atoms with Gasteiger partial charge in [-0.2, -0.15) is 0 Å². The molecule has 2 heterocycles. The van der Waals surface area contributed by atoms with E-state index in [1.807, 2.05) is 25.1 Å². The van der Waals surface area contributed by atoms with Crippen molar-refractivity contribution >= 4 is 40.4 Å². The van der Waals surface area contributed by atoms with Crippen LogP contribution in [0.15, 0.2) is 69.7 Å². The number of furan rings is 1. The van der Waals surface area contributed by atoms with Gasteiger partial charge in [-0.25, -0.2) is 4.98 Å². The third-order valence-corrected chi connectivity index (χ3v) is 4.27. The zero-order valence-electron chi connectivity index (χ0n) is 14.4. The van der Waals surface area contributed by atoms with Gasteiger partial charge in [-0.3, -0.25) is 4.79 Å². The molecule has 0 saturated carbocycles. The summed E-state index contributed by atoms with van der Waals surface area (Å²) in [5.74, 6) is 0.825. The van der Waals surface area contributed by atoms with Crippen molar-refractivity contribution in [3.63, 3.8) is 0 Å². The molecule has 0 unspecified atom stereocenters. The Balaban J connectivity index is 1.59. The molecular formula is C21H15ClN2O3. The van der Waals surface area contributed by atoms with Crippen LogP contribution in [0.3, 0.4) is 0 Å². The largest absolute Gasteiger partial charge is 0.465 e. The number of halogens is 1. The van der Waals surface area contributed by atoms with Gasteiger partial charge in [-0.15, -0.1) is 0 Å². The lowest BCUT2D eigenvalue weighted by Gasteiger charge is -2.07. The first-order valence-electron chi connectivity index (χ1n) is 8.28. The first kappa shape index (κ1) is 17.1. The molecule has 0 aliphatic heterocycles. The molecule has 4 rings (SSSR count). The number of hydrogen-bond acceptors (Lipinski definition) is 4. The summed E-state index contributed by atoms with van der Waals surface area (Å²) in [5, 5.41) is 3.47. The molecule has 134 valence electrons. The van der Waals surface area contributed by atoms with Crippen LogP contribution in [0.4, 0.5) is 5.69 Å². The molecule has 0 saturated heterocycles. The summed E-state index contributed by atoms with van der Waals surface area (Å²) in [6.07, 6.45) is 4.59. The van der Waals surface area contributed by atoms with Crippen molar-refractivity contribution in [2.45, 2.75) is 6.92 Å². The molecule has 2 aromatic heterocycles. The Hall–Kier alpha value is -3.31. The Labute approximate surface area is 160 Å². The van der Waals surface area contributed by atoms with E-state index < -0.39 is 0 Å². The smallest absolute Gasteiger partial charge is 0.248 e. The standard InChI is InChI=1S/C21H15ClN2O3/c1-13-4-5-14(21-24-18-12-15(22)6-8-19(18)27-21)11-17(13)23-20(25)9-7-16-3-2-10-26-16/h2-12H,1H3,(H,23,25). The van der Waals surface area contributed by atoms with Crippen LogP contribution in [-0.2, 0) is 4.79 Å². The number of oxazole rings is 1. The summed E-state index contributed by atoms with van der Waals surface area (Å²) in [7, 11) is 0. The van der Waals surface area contributed by atoms with Crippen LogP contribution in [0.25, 0.3) is 28.6 Å². The molecule has 1 N–H and O–H groups in total. The molecule has 4 aromatic rings. The maximum atomic E-state index is 12.2. The summed E-state index contributed by atoms with van der Waals surface area (Å²) in [4.78, 5) is 16.7. The van der Waals surface area contributed by atoms with E-state index in [1.54, 1.807) is 42.7 Å². The van der Waals surface area contributed by atoms with Crippen molar-refractivity contribution < 1.29 is 13.6 Å². The maximum Gasteiger partial charge on any atom is 0.248 e. The van der Waals surface area contributed by atoms with Gasteiger partial charge in [0.15, 0.2) is 5.58 Å². The SMILES string of the molecule is Cc1ccc(-c2nc3cc(Cl)ccc3o2)cc1NC(=O)C=Cc1ccco1. The summed E-state index contributed by atoms with van der Waals surface area (Å²) >= 11 is 6.00. The molecule has 0 atom stereocenters. The predicted octanol–water partition coefficient (Wildman–Crippen LogP) is 5.70. The molecule has 0 bridgehead atoms. The molecule has 0 spiro atoms. The molecule has 0 radical (unpaired) electrons. The van der Waals surface area contributed by atoms with Crippen LogP contribution in [0, 0.1) is 6.92 Å². The topological polar surface area (TPSA) is 68.3 Å². The van der Waals surface area contributed by atoms with Crippen molar-refractivity contribution in [2.24, 2.45) is 0 Å². The number of carbonyl (C=O) groups is 1. The third kappa shape index (κ3) is 3.78. The average molecular weight is 379 g/mol. The maximum absolute atomic E-state index is 12.2. The van der Waals surface area contributed by atoms with E-state index in [2.05, 4.69) is 10.3 Å². The highest BCUT2D eigenvalue weighted by molar-refractivity contribution is 6.31. The van der Waals surface area contributed by atoms with Gasteiger partial charge >= 0.3 is 0 Å². The monoisotopic (exact) mass is 378 g/mol. The van der Waals surface area contributed by atoms with Crippen LogP contribution in [0.1, 0.15) is 11.3 Å². The quantitative estimate of drug-likeness (QED) is 0.462. The molecule has 2 aromatic carbocycles. The fraction of sp³-hybridized carbons (Fsp3) is 0.0476. The normalized spacial score (nSPS) is 11.3. The van der Waals surface area contributed by atoms with Gasteiger partial charge in [-0.05, 0) is 61.0 Å². The van der Waals surface area contributed by atoms with Crippen molar-refractivity contribution in [3.8, 4) is 11.5 Å². The van der Waals surface area contributed by atoms with Crippen molar-refractivity contribution in [1.82, 2.24) is 4.98 Å². The highest BCUT2D eigenvalue weighted by atomic mass is 35.5. The minimum absolute atomic E-state index is 0.254. The van der Waals surface area contributed by atoms with E-state index in [0.717, 1.165) is 11.1 Å². The summed E-state index contributed by atoms with van der Waals surface area (Å²) in [5.41, 5.74) is 3.71. The van der Waals surface area contributed by atoms with Crippen molar-refractivity contribution in [1.29, 1.82) is 0 Å². The van der Waals surface area contributed by atoms with E-state index >= 15 is 0 Å². The summed E-state index contributed by atoms with van der Waals surface area (Å²) in [6, 6.07) is 14.5. The van der Waals surface area contributed by atoms with E-state index in [4.69, 9.17) is 20.4 Å². The van der Waals surface area contributed by atoms with Crippen LogP contribution in [-0.4, -0.2) is 10.9 Å². The summed E-state index contributed by atoms with van der Waals surface area (Å²) < 4.78 is 11.0. The van der Waals surface area contributed by atoms with Crippen LogP contribution < -0.4 is 5.32 Å². The number of carbonyl (C=O) groups excluding carboxylic acids is 1. The molecule has 27 heavy (non-hydrogen) atoms. The van der Waals surface area contributed by atoms with E-state index in [9.17, 15) is 4.79 Å². The van der Waals surface area contributed by atoms with E-state index in [1.165, 1.54) is 6.08 Å². The molecule has 0 aliphatic carbocycles. The van der Waals surface area contributed by atoms with Gasteiger partial charge in [0.05, 0.1) is 6.26 Å². The van der Waals surface area contributed by atoms with Crippen LogP contribution in [0.5, 0.6) is 0 Å². The second kappa shape index (κ2) is 7.13. The first-order valence-corrected chi connectivity index (χ1v) is 8.66. The van der Waals surface area contributed by atoms with Gasteiger partial charge in [-0.1, -0.05) is 17.7 Å². The Morgan fingerprint density at radius 3 is 2.89 bits per heavy atom. The number of fused-ring (bicyclic) bond motifs is 1. The van der Waals surface area contributed by atoms with Crippen molar-refractivity contribution in [3.05, 3.63) is 77.2 Å². The molecular weight excluding hydrogens is 364 g/mol. The number of nitrogens with zero attached hydrogens (tertiary/aromatic N) is 1. The number of aryl methyl sites for hydroxylation is 1. The third-order valence-electron chi connectivity index (χ3n) is 4.03. The molecule has 5 nitrogen and oxygen atoms in total. The zero-order valence-corrected chi connectivity index (χ0v) is 15.2. The number of aromatic nitrogens is 1. The predicted molar refractivity (Wildman–Crippen MR) is 106 cm³/mol. The van der Waals surface area contributed by atoms with Gasteiger partial charge in [0, 0.05) is 22.3 Å². The number of nitrogens with one attached hydrogen (secondary N) is 1. The molecule has 1 amide bonds. The number of amides is 1. The van der Waals surface area contributed by atoms with Crippen LogP contribution >= 0.6 is 11.6 Å². The Morgan fingerprint density at radius 2 is 2.07 bits per heavy atom. The fourth-order valence-corrected chi connectivity index (χ4v) is 2.80. The Bertz CT molecular complexity index is 1140. The minimum Gasteiger partial charge on any atom is -0.465 e. The van der Waals surface area contributed by atoms with Gasteiger partial charge in [0.2, 0.25) is 11.8 Å². The zero-order chi connectivity index (χ0) is 18.8. The van der Waals surface area contributed by atoms with Crippen molar-refractivity contribution in [2.75, 3.05) is 5.32 Å². The van der Waals surface area contributed by atoms with E-state index in [-0.39, 0.29) is 5.91 Å². The highest BCUT2D eigenvalue weighted by Crippen LogP contribution is 2.29. The number of rotatable bonds is 4. The second-order valence-electron chi connectivity index (χ2n) is 6.00.